The molecule has 154 valence electrons. The lowest BCUT2D eigenvalue weighted by Gasteiger charge is -2.23. The van der Waals surface area contributed by atoms with Gasteiger partial charge in [0, 0.05) is 18.3 Å². The smallest absolute Gasteiger partial charge is 0.358 e. The van der Waals surface area contributed by atoms with Crippen molar-refractivity contribution in [1.82, 2.24) is 4.57 Å². The Morgan fingerprint density at radius 2 is 1.93 bits per heavy atom. The first-order valence-electron chi connectivity index (χ1n) is 9.66. The molecule has 0 aromatic carbocycles. The third-order valence-corrected chi connectivity index (χ3v) is 5.18. The van der Waals surface area contributed by atoms with Crippen LogP contribution in [0.2, 0.25) is 10.0 Å². The van der Waals surface area contributed by atoms with Crippen LogP contribution in [0.4, 0.5) is 0 Å². The first kappa shape index (κ1) is 22.6. The van der Waals surface area contributed by atoms with Gasteiger partial charge in [0.25, 0.3) is 0 Å². The maximum atomic E-state index is 12.8. The zero-order valence-corrected chi connectivity index (χ0v) is 18.3. The molecule has 0 saturated heterocycles. The van der Waals surface area contributed by atoms with E-state index in [0.717, 1.165) is 19.3 Å². The van der Waals surface area contributed by atoms with Gasteiger partial charge in [-0.15, -0.1) is 0 Å². The third-order valence-electron chi connectivity index (χ3n) is 4.41. The molecular weight excluding hydrogens is 401 g/mol. The van der Waals surface area contributed by atoms with Gasteiger partial charge < -0.3 is 14.0 Å². The maximum Gasteiger partial charge on any atom is 0.358 e. The number of fused-ring (bicyclic) bond motifs is 1. The fourth-order valence-corrected chi connectivity index (χ4v) is 3.21. The summed E-state index contributed by atoms with van der Waals surface area (Å²) in [6, 6.07) is 1.58. The number of aryl methyl sites for hydroxylation is 1. The minimum atomic E-state index is -0.488. The van der Waals surface area contributed by atoms with E-state index in [2.05, 4.69) is 13.8 Å². The molecular formula is C21H27Cl2NO4. The van der Waals surface area contributed by atoms with Gasteiger partial charge in [0.1, 0.15) is 5.02 Å². The average Bonchev–Trinajstić information content (AvgIpc) is 2.65. The largest absolute Gasteiger partial charge is 0.490 e. The van der Waals surface area contributed by atoms with Gasteiger partial charge in [-0.05, 0) is 31.7 Å². The summed E-state index contributed by atoms with van der Waals surface area (Å²) in [6.45, 7) is 9.20. The summed E-state index contributed by atoms with van der Waals surface area (Å²) in [4.78, 5) is 25.5. The van der Waals surface area contributed by atoms with E-state index in [1.54, 1.807) is 23.8 Å². The monoisotopic (exact) mass is 427 g/mol. The van der Waals surface area contributed by atoms with E-state index < -0.39 is 5.97 Å². The second kappa shape index (κ2) is 10.2. The van der Waals surface area contributed by atoms with Crippen LogP contribution in [0.1, 0.15) is 57.4 Å². The zero-order chi connectivity index (χ0) is 20.8. The van der Waals surface area contributed by atoms with Crippen LogP contribution in [0.5, 0.6) is 5.75 Å². The molecule has 0 unspecified atom stereocenters. The number of hydrogen-bond acceptors (Lipinski definition) is 4. The van der Waals surface area contributed by atoms with Gasteiger partial charge in [-0.3, -0.25) is 4.79 Å². The Balaban J connectivity index is 2.78. The first-order valence-corrected chi connectivity index (χ1v) is 10.4. The number of carbonyl (C=O) groups is 1. The minimum absolute atomic E-state index is 0.0343. The van der Waals surface area contributed by atoms with E-state index in [-0.39, 0.29) is 22.1 Å². The molecule has 2 rings (SSSR count). The van der Waals surface area contributed by atoms with Gasteiger partial charge in [0.05, 0.1) is 23.8 Å². The molecule has 0 saturated carbocycles. The van der Waals surface area contributed by atoms with Crippen LogP contribution in [-0.2, 0) is 11.3 Å². The molecule has 7 heteroatoms. The Labute approximate surface area is 175 Å². The second-order valence-electron chi connectivity index (χ2n) is 7.07. The number of carbonyl (C=O) groups excluding carboxylic acids is 1. The van der Waals surface area contributed by atoms with Crippen molar-refractivity contribution >= 4 is 29.2 Å². The predicted molar refractivity (Wildman–Crippen MR) is 113 cm³/mol. The number of pyridine rings is 1. The van der Waals surface area contributed by atoms with Crippen molar-refractivity contribution in [3.63, 3.8) is 0 Å². The van der Waals surface area contributed by atoms with Crippen LogP contribution in [0.3, 0.4) is 0 Å². The highest BCUT2D eigenvalue weighted by atomic mass is 35.5. The Hall–Kier alpha value is -1.72. The van der Waals surface area contributed by atoms with Gasteiger partial charge >= 0.3 is 5.97 Å². The molecule has 1 aliphatic heterocycles. The molecule has 0 radical (unpaired) electrons. The molecule has 1 heterocycles. The van der Waals surface area contributed by atoms with E-state index >= 15 is 0 Å². The number of nitrogens with zero attached hydrogens (tertiary/aromatic N) is 1. The standard InChI is InChI=1S/C21H27Cl2NO4/c1-5-7-10-28-20-14-11-16(22)17(23)19(25)15(14)12-24(9-8-13(3)4)18(20)21(26)27-6-2/h11-13H,5-10H2,1-4H3. The summed E-state index contributed by atoms with van der Waals surface area (Å²) < 4.78 is 13.0. The lowest BCUT2D eigenvalue weighted by molar-refractivity contribution is 0.0506. The predicted octanol–water partition coefficient (Wildman–Crippen LogP) is 5.66. The number of esters is 1. The van der Waals surface area contributed by atoms with Crippen molar-refractivity contribution in [2.45, 2.75) is 53.5 Å². The van der Waals surface area contributed by atoms with Crippen molar-refractivity contribution in [3.8, 4) is 16.9 Å². The van der Waals surface area contributed by atoms with Crippen LogP contribution in [0.15, 0.2) is 17.1 Å². The van der Waals surface area contributed by atoms with Gasteiger partial charge in [-0.1, -0.05) is 50.4 Å². The molecule has 1 aliphatic carbocycles. The Bertz CT molecular complexity index is 861. The number of rotatable bonds is 9. The van der Waals surface area contributed by atoms with Gasteiger partial charge in [-0.25, -0.2) is 4.79 Å². The van der Waals surface area contributed by atoms with Crippen molar-refractivity contribution in [2.75, 3.05) is 13.2 Å². The molecule has 2 aliphatic rings. The average molecular weight is 428 g/mol. The van der Waals surface area contributed by atoms with Crippen LogP contribution in [0, 0.1) is 5.92 Å². The number of halogens is 2. The molecule has 5 nitrogen and oxygen atoms in total. The van der Waals surface area contributed by atoms with E-state index in [0.29, 0.717) is 41.6 Å². The molecule has 0 atom stereocenters. The van der Waals surface area contributed by atoms with E-state index in [1.165, 1.54) is 0 Å². The van der Waals surface area contributed by atoms with Gasteiger partial charge in [0.15, 0.2) is 11.4 Å². The maximum absolute atomic E-state index is 12.8. The lowest BCUT2D eigenvalue weighted by atomic mass is 10.0. The molecule has 0 N–H and O–H groups in total. The lowest BCUT2D eigenvalue weighted by Crippen LogP contribution is -2.22. The molecule has 0 bridgehead atoms. The van der Waals surface area contributed by atoms with Gasteiger partial charge in [0.2, 0.25) is 5.43 Å². The Morgan fingerprint density at radius 3 is 2.54 bits per heavy atom. The summed E-state index contributed by atoms with van der Waals surface area (Å²) in [5.74, 6) is 0.255. The summed E-state index contributed by atoms with van der Waals surface area (Å²) in [6.07, 6.45) is 4.23. The molecule has 0 fully saturated rings. The highest BCUT2D eigenvalue weighted by Gasteiger charge is 2.27. The SMILES string of the molecule is CCCCOc1c2cc(Cl)c(Cl)c(=O)c-2cn(CCC(C)C)c1C(=O)OCC. The summed E-state index contributed by atoms with van der Waals surface area (Å²) in [5, 5.41) is 0.0993. The van der Waals surface area contributed by atoms with E-state index in [4.69, 9.17) is 32.7 Å². The number of benzene rings is 1. The quantitative estimate of drug-likeness (QED) is 0.382. The highest BCUT2D eigenvalue weighted by Crippen LogP contribution is 2.38. The third kappa shape index (κ3) is 5.00. The number of hydrogen-bond donors (Lipinski definition) is 0. The molecule has 0 amide bonds. The summed E-state index contributed by atoms with van der Waals surface area (Å²) in [5.41, 5.74) is 0.763. The molecule has 0 spiro atoms. The van der Waals surface area contributed by atoms with Crippen LogP contribution >= 0.6 is 23.2 Å². The molecule has 28 heavy (non-hydrogen) atoms. The van der Waals surface area contributed by atoms with E-state index in [9.17, 15) is 9.59 Å². The summed E-state index contributed by atoms with van der Waals surface area (Å²) >= 11 is 12.2. The van der Waals surface area contributed by atoms with Crippen molar-refractivity contribution in [1.29, 1.82) is 0 Å². The number of ether oxygens (including phenoxy) is 2. The fourth-order valence-electron chi connectivity index (χ4n) is 2.86. The fraction of sp³-hybridized carbons (Fsp3) is 0.524. The highest BCUT2D eigenvalue weighted by molar-refractivity contribution is 6.42. The number of unbranched alkanes of at least 4 members (excludes halogenated alkanes) is 1. The van der Waals surface area contributed by atoms with Crippen molar-refractivity contribution in [2.24, 2.45) is 5.92 Å². The molecule has 0 aromatic heterocycles. The normalized spacial score (nSPS) is 11.2. The number of aromatic nitrogens is 1. The zero-order valence-electron chi connectivity index (χ0n) is 16.8. The Kier molecular flexibility index (Phi) is 8.20. The van der Waals surface area contributed by atoms with Crippen molar-refractivity contribution < 1.29 is 14.3 Å². The topological polar surface area (TPSA) is 57.5 Å². The van der Waals surface area contributed by atoms with Crippen LogP contribution < -0.4 is 10.2 Å². The van der Waals surface area contributed by atoms with Gasteiger partial charge in [-0.2, -0.15) is 0 Å². The minimum Gasteiger partial charge on any atom is -0.490 e. The van der Waals surface area contributed by atoms with E-state index in [1.807, 2.05) is 6.92 Å². The van der Waals surface area contributed by atoms with Crippen LogP contribution in [-0.4, -0.2) is 23.8 Å². The van der Waals surface area contributed by atoms with Crippen LogP contribution in [0.25, 0.3) is 11.1 Å². The molecule has 0 aromatic rings. The van der Waals surface area contributed by atoms with Crippen molar-refractivity contribution in [3.05, 3.63) is 38.2 Å². The summed E-state index contributed by atoms with van der Waals surface area (Å²) in [7, 11) is 0. The first-order chi connectivity index (χ1) is 13.3. The second-order valence-corrected chi connectivity index (χ2v) is 7.85. The Morgan fingerprint density at radius 1 is 1.21 bits per heavy atom.